The lowest BCUT2D eigenvalue weighted by atomic mass is 9.38. The zero-order valence-corrected chi connectivity index (χ0v) is 68.9. The SMILES string of the molecule is CC1=CC(=O)[C@@H](OC(=O)CCCC(=O)NCCN2C(=O)C=CC2=O)[C@]2(C)C3[C@]45CO[C@]3(O)[C@H](O)[C@H](C)C4C(OC(=O)CC(O)(C(C)C)C(C)C)C(=O)O[C@@H]5C[C@@H]12.CC1=CC(=O)[C@@H](OC(=O)CCCC(=O)O)[C@]2(C)C3[C@]45CO[C@]3(O)[C@H](O)[C@H](C)C4C(OC(=O)CC(O)(C(C)C)C(C)C)C(=O)O[C@@H]5C[C@@H]12.O=C1C=CC(=O)N1CCNC(=O)C(F)(F)F. The molecule has 22 atom stereocenters. The number of nitrogens with one attached hydrogen (secondary N) is 2. The van der Waals surface area contributed by atoms with E-state index in [0.29, 0.717) is 11.1 Å². The highest BCUT2D eigenvalue weighted by molar-refractivity contribution is 6.13. The number of carboxylic acid groups (broad SMARTS) is 1. The molecule has 37 heteroatoms. The lowest BCUT2D eigenvalue weighted by Gasteiger charge is -2.68. The van der Waals surface area contributed by atoms with Gasteiger partial charge in [0.05, 0.1) is 37.3 Å². The molecule has 9 N–H and O–H groups in total. The molecule has 0 radical (unpaired) electrons. The molecule has 4 saturated carbocycles. The van der Waals surface area contributed by atoms with Gasteiger partial charge in [-0.1, -0.05) is 94.2 Å². The van der Waals surface area contributed by atoms with Crippen molar-refractivity contribution >= 4 is 88.8 Å². The van der Waals surface area contributed by atoms with E-state index in [4.69, 9.17) is 43.0 Å². The number of amides is 6. The Morgan fingerprint density at radius 2 is 0.882 bits per heavy atom. The number of carbonyl (C=O) groups excluding carboxylic acids is 14. The van der Waals surface area contributed by atoms with E-state index in [9.17, 15) is 116 Å². The van der Waals surface area contributed by atoms with Crippen LogP contribution in [0.3, 0.4) is 0 Å². The van der Waals surface area contributed by atoms with Crippen LogP contribution in [0.5, 0.6) is 0 Å². The number of carbonyl (C=O) groups is 15. The third-order valence-electron chi connectivity index (χ3n) is 28.0. The third kappa shape index (κ3) is 16.1. The van der Waals surface area contributed by atoms with Crippen molar-refractivity contribution in [1.29, 1.82) is 0 Å². The summed E-state index contributed by atoms with van der Waals surface area (Å²) in [5, 5.41) is 84.1. The normalized spacial score (nSPS) is 35.8. The molecule has 8 fully saturated rings. The molecular formula is C82H109F3N4O30. The van der Waals surface area contributed by atoms with Gasteiger partial charge >= 0.3 is 53.9 Å². The summed E-state index contributed by atoms with van der Waals surface area (Å²) >= 11 is 0. The second kappa shape index (κ2) is 33.9. The minimum atomic E-state index is -4.96. The molecule has 0 aromatic carbocycles. The summed E-state index contributed by atoms with van der Waals surface area (Å²) in [4.78, 5) is 190. The van der Waals surface area contributed by atoms with Gasteiger partial charge < -0.3 is 84.3 Å². The van der Waals surface area contributed by atoms with E-state index in [1.165, 1.54) is 12.2 Å². The number of ether oxygens (including phenoxy) is 8. The first kappa shape index (κ1) is 92.6. The van der Waals surface area contributed by atoms with Crippen LogP contribution in [0.15, 0.2) is 47.6 Å². The lowest BCUT2D eigenvalue weighted by molar-refractivity contribution is -0.340. The summed E-state index contributed by atoms with van der Waals surface area (Å²) in [7, 11) is 0. The number of imide groups is 2. The fourth-order valence-electron chi connectivity index (χ4n) is 22.0. The third-order valence-corrected chi connectivity index (χ3v) is 28.0. The first-order valence-electron chi connectivity index (χ1n) is 40.3. The van der Waals surface area contributed by atoms with Gasteiger partial charge in [0.25, 0.3) is 23.6 Å². The Morgan fingerprint density at radius 1 is 0.538 bits per heavy atom. The Balaban J connectivity index is 0.000000213. The molecule has 4 saturated heterocycles. The van der Waals surface area contributed by atoms with Gasteiger partial charge in [0.15, 0.2) is 35.3 Å². The monoisotopic (exact) mass is 1690 g/mol. The molecule has 6 aliphatic carbocycles. The number of esters is 6. The summed E-state index contributed by atoms with van der Waals surface area (Å²) in [6.07, 6.45) is -10.1. The molecule has 6 aliphatic heterocycles. The molecule has 0 aromatic heterocycles. The minimum absolute atomic E-state index is 0.00335. The lowest BCUT2D eigenvalue weighted by Crippen LogP contribution is -2.78. The first-order valence-corrected chi connectivity index (χ1v) is 40.3. The number of aliphatic carboxylic acids is 1. The van der Waals surface area contributed by atoms with Gasteiger partial charge in [0.1, 0.15) is 24.4 Å². The maximum atomic E-state index is 13.9. The maximum Gasteiger partial charge on any atom is 0.471 e. The highest BCUT2D eigenvalue weighted by atomic mass is 19.4. The summed E-state index contributed by atoms with van der Waals surface area (Å²) in [6.45, 7) is 23.2. The van der Waals surface area contributed by atoms with Crippen molar-refractivity contribution < 1.29 is 159 Å². The average Bonchev–Trinajstić information content (AvgIpc) is 1.55. The van der Waals surface area contributed by atoms with Gasteiger partial charge in [-0.05, 0) is 99.0 Å². The van der Waals surface area contributed by atoms with Crippen molar-refractivity contribution in [2.45, 2.75) is 239 Å². The van der Waals surface area contributed by atoms with Gasteiger partial charge in [-0.15, -0.1) is 0 Å². The summed E-state index contributed by atoms with van der Waals surface area (Å²) in [5.74, 6) is -24.6. The van der Waals surface area contributed by atoms with Crippen LogP contribution >= 0.6 is 0 Å². The van der Waals surface area contributed by atoms with Crippen molar-refractivity contribution in [3.8, 4) is 0 Å². The van der Waals surface area contributed by atoms with Gasteiger partial charge in [-0.2, -0.15) is 13.2 Å². The van der Waals surface area contributed by atoms with Crippen molar-refractivity contribution in [3.63, 3.8) is 0 Å². The minimum Gasteiger partial charge on any atom is -0.481 e. The van der Waals surface area contributed by atoms with Crippen LogP contribution in [0.1, 0.15) is 161 Å². The number of hydrogen-bond donors (Lipinski definition) is 9. The Morgan fingerprint density at radius 3 is 1.22 bits per heavy atom. The van der Waals surface area contributed by atoms with E-state index in [1.54, 1.807) is 102 Å². The molecule has 6 unspecified atom stereocenters. The predicted molar refractivity (Wildman–Crippen MR) is 398 cm³/mol. The standard InChI is InChI=1S/C40H54N2O14.C34H48O13.C8H7F3N2O3/c1-19(2)39(51,20(3)4)17-30(48)55-32-31-22(6)33(49)40(52)36-37(7)23(16-25(54-35(32)50)38(31,36)18-53-40)21(5)15-24(43)34(37)56-29(47)10-8-9-26(44)41-13-14-42-27(45)11-12-28(42)46;1-15(2)33(42,16(3)4)13-24(39)46-26-25-18(6)27(40)34(43)30-31(7)19(12-21(45-29(26)41)32(25,30)14-44-34)17(5)11-20(35)28(31)47-23(38)10-8-9-22(36)37;9-8(10,11)7(16)12-3-4-13-5(14)1-2-6(13)15/h11-12,15,19-20,22-23,25,31-34,36,49,51-52H,8-10,13-14,16-18H2,1-7H3,(H,41,44);11,15-16,18-19,21,25-28,30,40,42-43H,8-10,12-14H2,1-7H3,(H,36,37);1-2H,3-4H2,(H,12,16)/t22-,23+,25-,31?,32?,33-,34-,36?,37-,38+,40-;18-,19+,21-,25?,26?,27-,28-,30?,31-,32+,34-;/m11./s1. The molecule has 34 nitrogen and oxygen atoms in total. The number of hydrogen-bond acceptors (Lipinski definition) is 29. The largest absolute Gasteiger partial charge is 0.481 e. The van der Waals surface area contributed by atoms with Crippen molar-refractivity contribution in [1.82, 2.24) is 20.4 Å². The van der Waals surface area contributed by atoms with Crippen LogP contribution in [0.25, 0.3) is 0 Å². The number of rotatable bonds is 26. The van der Waals surface area contributed by atoms with Gasteiger partial charge in [-0.25, -0.2) is 9.59 Å². The maximum absolute atomic E-state index is 13.9. The van der Waals surface area contributed by atoms with Crippen molar-refractivity contribution in [3.05, 3.63) is 47.6 Å². The van der Waals surface area contributed by atoms with Crippen LogP contribution < -0.4 is 10.6 Å². The van der Waals surface area contributed by atoms with Crippen molar-refractivity contribution in [2.24, 2.45) is 92.7 Å². The fourth-order valence-corrected chi connectivity index (χ4v) is 22.0. The highest BCUT2D eigenvalue weighted by Gasteiger charge is 2.86. The molecular weight excluding hydrogens is 1580 g/mol. The zero-order valence-electron chi connectivity index (χ0n) is 68.9. The molecule has 658 valence electrons. The first-order chi connectivity index (χ1) is 55.2. The van der Waals surface area contributed by atoms with Crippen LogP contribution in [0.4, 0.5) is 13.2 Å². The van der Waals surface area contributed by atoms with Gasteiger partial charge in [0.2, 0.25) is 18.1 Å². The molecule has 6 amide bonds. The number of aliphatic hydroxyl groups excluding tert-OH is 2. The topological polar surface area (TPSA) is 502 Å². The van der Waals surface area contributed by atoms with Crippen molar-refractivity contribution in [2.75, 3.05) is 39.4 Å². The number of alkyl halides is 3. The quantitative estimate of drug-likeness (QED) is 0.0341. The van der Waals surface area contributed by atoms with E-state index >= 15 is 0 Å². The van der Waals surface area contributed by atoms with Crippen LogP contribution in [-0.2, 0) is 110 Å². The molecule has 2 spiro atoms. The van der Waals surface area contributed by atoms with Crippen LogP contribution in [-0.4, -0.2) is 252 Å². The second-order valence-electron chi connectivity index (χ2n) is 35.6. The van der Waals surface area contributed by atoms with E-state index < -0.39 is 255 Å². The van der Waals surface area contributed by atoms with Gasteiger partial charge in [0, 0.05) is 121 Å². The molecule has 0 aromatic rings. The van der Waals surface area contributed by atoms with E-state index in [1.807, 2.05) is 0 Å². The number of aliphatic hydroxyl groups is 6. The van der Waals surface area contributed by atoms with E-state index in [-0.39, 0.29) is 108 Å². The average molecular weight is 1690 g/mol. The number of ketones is 2. The van der Waals surface area contributed by atoms with E-state index in [0.717, 1.165) is 34.1 Å². The Labute approximate surface area is 683 Å². The van der Waals surface area contributed by atoms with Crippen LogP contribution in [0, 0.1) is 92.7 Å². The number of carboxylic acids is 1. The summed E-state index contributed by atoms with van der Waals surface area (Å²) in [6, 6.07) is 0. The number of halogens is 3. The second-order valence-corrected chi connectivity index (χ2v) is 35.6. The molecule has 119 heavy (non-hydrogen) atoms. The zero-order chi connectivity index (χ0) is 88.6. The Hall–Kier alpha value is -8.72. The Kier molecular flexibility index (Phi) is 26.4. The Bertz CT molecular complexity index is 4200. The van der Waals surface area contributed by atoms with Crippen LogP contribution in [0.2, 0.25) is 0 Å². The summed E-state index contributed by atoms with van der Waals surface area (Å²) < 4.78 is 83.1. The highest BCUT2D eigenvalue weighted by Crippen LogP contribution is 2.76. The molecule has 4 bridgehead atoms. The molecule has 12 rings (SSSR count). The van der Waals surface area contributed by atoms with Gasteiger partial charge in [-0.3, -0.25) is 72.1 Å². The van der Waals surface area contributed by atoms with E-state index in [2.05, 4.69) is 5.32 Å². The summed E-state index contributed by atoms with van der Waals surface area (Å²) in [5.41, 5.74) is -7.02. The molecule has 12 aliphatic rings. The number of nitrogens with zero attached hydrogens (tertiary/aromatic N) is 2. The fraction of sp³-hybridized carbons (Fsp3) is 0.720. The smallest absolute Gasteiger partial charge is 0.471 e. The number of allylic oxidation sites excluding steroid dienone is 2. The number of fused-ring (bicyclic) bond motifs is 2. The molecule has 6 heterocycles. The predicted octanol–water partition coefficient (Wildman–Crippen LogP) is 2.40.